The quantitative estimate of drug-likeness (QED) is 0.496. The third kappa shape index (κ3) is 4.37. The number of anilines is 1. The zero-order valence-electron chi connectivity index (χ0n) is 15.9. The van der Waals surface area contributed by atoms with E-state index in [-0.39, 0.29) is 17.4 Å². The molecular formula is C22H22N2O2S. The van der Waals surface area contributed by atoms with Crippen molar-refractivity contribution in [2.45, 2.75) is 32.7 Å². The highest BCUT2D eigenvalue weighted by Gasteiger charge is 2.11. The average molecular weight is 378 g/mol. The molecule has 0 radical (unpaired) electrons. The SMILES string of the molecule is CC(=O)c1ccc(NC(=O)CSc2nc3c(C)ccc(C)c3cc2C)cc1. The Morgan fingerprint density at radius 1 is 0.963 bits per heavy atom. The van der Waals surface area contributed by atoms with Crippen LogP contribution in [0.25, 0.3) is 10.9 Å². The normalized spacial score (nSPS) is 10.8. The number of carbonyl (C=O) groups is 2. The number of thioether (sulfide) groups is 1. The van der Waals surface area contributed by atoms with E-state index in [2.05, 4.69) is 37.4 Å². The number of hydrogen-bond acceptors (Lipinski definition) is 4. The van der Waals surface area contributed by atoms with Gasteiger partial charge >= 0.3 is 0 Å². The summed E-state index contributed by atoms with van der Waals surface area (Å²) in [7, 11) is 0. The molecule has 138 valence electrons. The smallest absolute Gasteiger partial charge is 0.234 e. The van der Waals surface area contributed by atoms with Crippen molar-refractivity contribution in [1.29, 1.82) is 0 Å². The van der Waals surface area contributed by atoms with Crippen molar-refractivity contribution in [3.05, 3.63) is 64.7 Å². The molecule has 4 nitrogen and oxygen atoms in total. The number of pyridine rings is 1. The molecule has 1 amide bonds. The summed E-state index contributed by atoms with van der Waals surface area (Å²) in [5.41, 5.74) is 5.70. The minimum absolute atomic E-state index is 0.00631. The first kappa shape index (κ1) is 19.1. The van der Waals surface area contributed by atoms with Gasteiger partial charge in [-0.2, -0.15) is 0 Å². The second kappa shape index (κ2) is 7.92. The maximum absolute atomic E-state index is 12.3. The highest BCUT2D eigenvalue weighted by atomic mass is 32.2. The van der Waals surface area contributed by atoms with Crippen LogP contribution >= 0.6 is 11.8 Å². The Morgan fingerprint density at radius 3 is 2.30 bits per heavy atom. The zero-order chi connectivity index (χ0) is 19.6. The van der Waals surface area contributed by atoms with Gasteiger partial charge in [-0.25, -0.2) is 4.98 Å². The number of amides is 1. The van der Waals surface area contributed by atoms with Crippen molar-refractivity contribution < 1.29 is 9.59 Å². The molecule has 1 aromatic heterocycles. The van der Waals surface area contributed by atoms with Crippen LogP contribution in [0, 0.1) is 20.8 Å². The Morgan fingerprint density at radius 2 is 1.63 bits per heavy atom. The molecule has 0 aliphatic rings. The zero-order valence-corrected chi connectivity index (χ0v) is 16.7. The molecule has 0 aliphatic carbocycles. The number of rotatable bonds is 5. The summed E-state index contributed by atoms with van der Waals surface area (Å²) in [6.07, 6.45) is 0. The number of fused-ring (bicyclic) bond motifs is 1. The number of ketones is 1. The fraction of sp³-hybridized carbons (Fsp3) is 0.227. The van der Waals surface area contributed by atoms with Gasteiger partial charge in [0, 0.05) is 16.6 Å². The van der Waals surface area contributed by atoms with Gasteiger partial charge in [0.15, 0.2) is 5.78 Å². The first-order valence-electron chi connectivity index (χ1n) is 8.76. The van der Waals surface area contributed by atoms with E-state index in [9.17, 15) is 9.59 Å². The highest BCUT2D eigenvalue weighted by molar-refractivity contribution is 8.00. The molecule has 0 aliphatic heterocycles. The maximum Gasteiger partial charge on any atom is 0.234 e. The predicted octanol–water partition coefficient (Wildman–Crippen LogP) is 5.09. The second-order valence-electron chi connectivity index (χ2n) is 6.68. The van der Waals surface area contributed by atoms with E-state index >= 15 is 0 Å². The van der Waals surface area contributed by atoms with Crippen LogP contribution in [0.3, 0.4) is 0 Å². The minimum Gasteiger partial charge on any atom is -0.325 e. The molecular weight excluding hydrogens is 356 g/mol. The van der Waals surface area contributed by atoms with Gasteiger partial charge in [-0.1, -0.05) is 23.9 Å². The van der Waals surface area contributed by atoms with Crippen LogP contribution in [0.5, 0.6) is 0 Å². The van der Waals surface area contributed by atoms with Crippen LogP contribution in [-0.2, 0) is 4.79 Å². The molecule has 3 aromatic rings. The van der Waals surface area contributed by atoms with Gasteiger partial charge in [0.2, 0.25) is 5.91 Å². The van der Waals surface area contributed by atoms with E-state index in [4.69, 9.17) is 4.98 Å². The van der Waals surface area contributed by atoms with E-state index in [1.165, 1.54) is 24.2 Å². The van der Waals surface area contributed by atoms with Crippen molar-refractivity contribution in [3.8, 4) is 0 Å². The molecule has 0 saturated heterocycles. The van der Waals surface area contributed by atoms with Crippen LogP contribution in [0.4, 0.5) is 5.69 Å². The number of nitrogens with zero attached hydrogens (tertiary/aromatic N) is 1. The number of carbonyl (C=O) groups excluding carboxylic acids is 2. The van der Waals surface area contributed by atoms with E-state index in [1.807, 2.05) is 6.92 Å². The number of Topliss-reactive ketones (excluding diaryl/α,β-unsaturated/α-hetero) is 1. The summed E-state index contributed by atoms with van der Waals surface area (Å²) in [6, 6.07) is 13.2. The van der Waals surface area contributed by atoms with Gasteiger partial charge in [-0.05, 0) is 74.7 Å². The summed E-state index contributed by atoms with van der Waals surface area (Å²) < 4.78 is 0. The minimum atomic E-state index is -0.0992. The summed E-state index contributed by atoms with van der Waals surface area (Å²) >= 11 is 1.43. The molecule has 5 heteroatoms. The number of hydrogen-bond donors (Lipinski definition) is 1. The Kier molecular flexibility index (Phi) is 5.61. The number of aryl methyl sites for hydroxylation is 3. The van der Waals surface area contributed by atoms with Crippen molar-refractivity contribution in [3.63, 3.8) is 0 Å². The van der Waals surface area contributed by atoms with Crippen LogP contribution in [0.1, 0.15) is 34.0 Å². The number of benzene rings is 2. The maximum atomic E-state index is 12.3. The molecule has 0 fully saturated rings. The van der Waals surface area contributed by atoms with Gasteiger partial charge in [-0.3, -0.25) is 9.59 Å². The summed E-state index contributed by atoms with van der Waals surface area (Å²) in [4.78, 5) is 28.4. The topological polar surface area (TPSA) is 59.1 Å². The van der Waals surface area contributed by atoms with Gasteiger partial charge in [0.25, 0.3) is 0 Å². The lowest BCUT2D eigenvalue weighted by Crippen LogP contribution is -2.14. The lowest BCUT2D eigenvalue weighted by atomic mass is 10.0. The average Bonchev–Trinajstić information content (AvgIpc) is 2.64. The third-order valence-electron chi connectivity index (χ3n) is 4.46. The van der Waals surface area contributed by atoms with Crippen molar-refractivity contribution in [1.82, 2.24) is 4.98 Å². The summed E-state index contributed by atoms with van der Waals surface area (Å²) in [5, 5.41) is 4.89. The molecule has 0 saturated carbocycles. The Hall–Kier alpha value is -2.66. The molecule has 2 aromatic carbocycles. The highest BCUT2D eigenvalue weighted by Crippen LogP contribution is 2.28. The Labute approximate surface area is 163 Å². The monoisotopic (exact) mass is 378 g/mol. The molecule has 0 atom stereocenters. The standard InChI is InChI=1S/C22H22N2O2S/c1-13-5-6-14(2)21-19(13)11-15(3)22(24-21)27-12-20(26)23-18-9-7-17(8-10-18)16(4)25/h5-11H,12H2,1-4H3,(H,23,26). The van der Waals surface area contributed by atoms with Crippen LogP contribution in [-0.4, -0.2) is 22.4 Å². The second-order valence-corrected chi connectivity index (χ2v) is 7.64. The summed E-state index contributed by atoms with van der Waals surface area (Å²) in [5.74, 6) is 0.184. The molecule has 0 bridgehead atoms. The number of nitrogens with one attached hydrogen (secondary N) is 1. The lowest BCUT2D eigenvalue weighted by molar-refractivity contribution is -0.113. The Balaban J connectivity index is 1.70. The van der Waals surface area contributed by atoms with E-state index in [0.29, 0.717) is 11.3 Å². The largest absolute Gasteiger partial charge is 0.325 e. The van der Waals surface area contributed by atoms with Crippen LogP contribution in [0.2, 0.25) is 0 Å². The number of aromatic nitrogens is 1. The van der Waals surface area contributed by atoms with Crippen LogP contribution in [0.15, 0.2) is 47.5 Å². The van der Waals surface area contributed by atoms with Gasteiger partial charge < -0.3 is 5.32 Å². The van der Waals surface area contributed by atoms with Gasteiger partial charge in [0.05, 0.1) is 11.3 Å². The molecule has 0 unspecified atom stereocenters. The fourth-order valence-electron chi connectivity index (χ4n) is 2.88. The predicted molar refractivity (Wildman–Crippen MR) is 112 cm³/mol. The summed E-state index contributed by atoms with van der Waals surface area (Å²) in [6.45, 7) is 7.68. The lowest BCUT2D eigenvalue weighted by Gasteiger charge is -2.11. The van der Waals surface area contributed by atoms with Gasteiger partial charge in [-0.15, -0.1) is 0 Å². The molecule has 27 heavy (non-hydrogen) atoms. The third-order valence-corrected chi connectivity index (χ3v) is 5.56. The first-order chi connectivity index (χ1) is 12.8. The molecule has 1 N–H and O–H groups in total. The van der Waals surface area contributed by atoms with E-state index < -0.39 is 0 Å². The van der Waals surface area contributed by atoms with Crippen LogP contribution < -0.4 is 5.32 Å². The van der Waals surface area contributed by atoms with E-state index in [1.54, 1.807) is 24.3 Å². The Bertz CT molecular complexity index is 1030. The van der Waals surface area contributed by atoms with E-state index in [0.717, 1.165) is 27.1 Å². The molecule has 0 spiro atoms. The van der Waals surface area contributed by atoms with Crippen molar-refractivity contribution in [2.75, 3.05) is 11.1 Å². The fourth-order valence-corrected chi connectivity index (χ4v) is 3.66. The van der Waals surface area contributed by atoms with Crippen molar-refractivity contribution in [2.24, 2.45) is 0 Å². The van der Waals surface area contributed by atoms with Crippen molar-refractivity contribution >= 4 is 40.0 Å². The first-order valence-corrected chi connectivity index (χ1v) is 9.75. The molecule has 1 heterocycles. The molecule has 3 rings (SSSR count). The van der Waals surface area contributed by atoms with Gasteiger partial charge in [0.1, 0.15) is 5.03 Å².